The molecule has 0 unspecified atom stereocenters. The fraction of sp³-hybridized carbons (Fsp3) is 0.493. The number of sulfone groups is 2. The van der Waals surface area contributed by atoms with Gasteiger partial charge in [-0.15, -0.1) is 6.42 Å². The number of aryl methyl sites for hydroxylation is 2. The monoisotopic (exact) mass is 1830 g/mol. The van der Waals surface area contributed by atoms with E-state index < -0.39 is 48.1 Å². The molecule has 9 heterocycles. The fourth-order valence-electron chi connectivity index (χ4n) is 12.3. The number of amides is 2. The van der Waals surface area contributed by atoms with Gasteiger partial charge in [0, 0.05) is 154 Å². The summed E-state index contributed by atoms with van der Waals surface area (Å²) in [6.45, 7) is 14.8. The lowest BCUT2D eigenvalue weighted by Gasteiger charge is -2.26. The van der Waals surface area contributed by atoms with Crippen LogP contribution in [0.15, 0.2) is 84.1 Å². The van der Waals surface area contributed by atoms with E-state index in [-0.39, 0.29) is 103 Å². The molecule has 7 N–H and O–H groups in total. The number of halogens is 2. The number of aliphatic carboxylic acids is 1. The largest absolute Gasteiger partial charge is 0.480 e. The number of aromatic nitrogens is 8. The zero-order valence-corrected chi connectivity index (χ0v) is 69.1. The highest BCUT2D eigenvalue weighted by atomic mass is 127. The highest BCUT2D eigenvalue weighted by Gasteiger charge is 2.27. The summed E-state index contributed by atoms with van der Waals surface area (Å²) in [4.78, 5) is 129. The molecule has 36 nitrogen and oxygen atoms in total. The number of ether oxygens (including phenoxy) is 5. The molecule has 5 fully saturated rings. The van der Waals surface area contributed by atoms with Crippen molar-refractivity contribution in [1.82, 2.24) is 61.9 Å². The van der Waals surface area contributed by atoms with Crippen molar-refractivity contribution in [1.29, 1.82) is 0 Å². The molecule has 113 heavy (non-hydrogen) atoms. The number of nitrogens with one attached hydrogen (secondary N) is 2. The number of hydrogen-bond acceptors (Lipinski definition) is 27. The summed E-state index contributed by atoms with van der Waals surface area (Å²) in [5.74, 6) is 7.37. The Labute approximate surface area is 681 Å². The average Bonchev–Trinajstić information content (AvgIpc) is 1.61. The fourth-order valence-corrected chi connectivity index (χ4v) is 15.5. The Bertz CT molecular complexity index is 5010. The lowest BCUT2D eigenvalue weighted by atomic mass is 10.0. The van der Waals surface area contributed by atoms with E-state index in [1.807, 2.05) is 45.0 Å². The summed E-state index contributed by atoms with van der Waals surface area (Å²) in [5.41, 5.74) is 12.9. The Morgan fingerprint density at radius 2 is 0.841 bits per heavy atom. The van der Waals surface area contributed by atoms with Crippen LogP contribution in [0.3, 0.4) is 0 Å². The maximum atomic E-state index is 13.0. The Hall–Kier alpha value is -8.61. The number of benzene rings is 3. The van der Waals surface area contributed by atoms with Crippen molar-refractivity contribution in [3.63, 3.8) is 0 Å². The Kier molecular flexibility index (Phi) is 35.0. The summed E-state index contributed by atoms with van der Waals surface area (Å²) in [5, 5.41) is 13.6. The molecule has 4 aromatic heterocycles. The standard InChI is InChI=1S/C30H37N7O8S.C19H26IN3O4.C11H12N4O4S.C6H7IN2.C6H11NO3.CH4/c1-33-26-27(32-29(33)46(3,42)43)37(30(41)34(2)28(26)40)6-4-5-21-15-22(18-24(38)19-35-7-11-44-12-8-35)17-23(16-21)31-25(39)20-36-9-13-45-14-10-36;20-16-9-15(11-18(24)13-22-1-5-26-6-2-22)10-17(12-16)21-19(25)14-23-3-7-27-8-4-23;1-5-6-15-8-7(9(16)14(3)11(15)17)13(2)10(12-8)20(4,18)19;7-4-1-5(8)3-6(9)2-4;8-6(9)5-7-1-3-10-4-2-7;/h15-17H,6-14,18-20H2,1-3H3,(H,31,39);9-10,12H,1-8,11,13-14H2,(H,21,25);1H,6H2,2-4H3;1-3H,8-9H2;1-5H2,(H,8,9);1H4. The van der Waals surface area contributed by atoms with E-state index in [9.17, 15) is 60.0 Å². The van der Waals surface area contributed by atoms with E-state index in [1.54, 1.807) is 24.3 Å². The number of rotatable bonds is 20. The van der Waals surface area contributed by atoms with Crippen LogP contribution in [0.25, 0.3) is 22.3 Å². The van der Waals surface area contributed by atoms with Gasteiger partial charge in [-0.05, 0) is 111 Å². The SMILES string of the molecule is C.C#CCn1c(=O)n(C)c(=O)c2c1nc(S(C)(=O)=O)n2C.Cn1c(=O)c2c(nc(S(C)(=O)=O)n2C)n(CC#Cc2cc(CC(=O)CN3CCOCC3)cc(NC(=O)CN3CCOCC3)c2)c1=O.Nc1cc(N)cc(I)c1.O=C(Cc1cc(I)cc(NC(=O)CN2CCOCC2)c1)CN1CCOCC1.O=C(O)CN1CCOCC1. The van der Waals surface area contributed by atoms with Gasteiger partial charge in [-0.1, -0.05) is 25.2 Å². The van der Waals surface area contributed by atoms with Gasteiger partial charge < -0.3 is 60.0 Å². The molecule has 7 aromatic rings. The number of anilines is 4. The number of nitrogens with two attached hydrogens (primary N) is 2. The molecule has 614 valence electrons. The number of hydrogen-bond donors (Lipinski definition) is 5. The van der Waals surface area contributed by atoms with Crippen LogP contribution in [0.2, 0.25) is 0 Å². The van der Waals surface area contributed by atoms with E-state index >= 15 is 0 Å². The molecule has 5 aliphatic rings. The number of carbonyl (C=O) groups excluding carboxylic acids is 4. The predicted octanol–water partition coefficient (Wildman–Crippen LogP) is -0.426. The number of fused-ring (bicyclic) bond motifs is 2. The van der Waals surface area contributed by atoms with E-state index in [0.29, 0.717) is 129 Å². The zero-order valence-electron chi connectivity index (χ0n) is 63.1. The number of nitrogens with zero attached hydrogens (tertiary/aromatic N) is 13. The summed E-state index contributed by atoms with van der Waals surface area (Å²) < 4.78 is 82.6. The maximum absolute atomic E-state index is 13.0. The van der Waals surface area contributed by atoms with E-state index in [0.717, 1.165) is 109 Å². The first-order chi connectivity index (χ1) is 53.1. The van der Waals surface area contributed by atoms with Crippen LogP contribution >= 0.6 is 45.2 Å². The molecule has 12 rings (SSSR count). The first-order valence-corrected chi connectivity index (χ1v) is 41.4. The molecule has 3 aromatic carbocycles. The van der Waals surface area contributed by atoms with Gasteiger partial charge in [0.25, 0.3) is 11.1 Å². The smallest absolute Gasteiger partial charge is 0.333 e. The molecule has 0 radical (unpaired) electrons. The van der Waals surface area contributed by atoms with Crippen molar-refractivity contribution in [2.45, 2.75) is 43.7 Å². The van der Waals surface area contributed by atoms with Crippen molar-refractivity contribution in [2.75, 3.05) is 199 Å². The highest BCUT2D eigenvalue weighted by Crippen LogP contribution is 2.22. The zero-order chi connectivity index (χ0) is 81.6. The number of morpholine rings is 5. The molecule has 0 aliphatic carbocycles. The van der Waals surface area contributed by atoms with Gasteiger partial charge in [0.15, 0.2) is 33.9 Å². The quantitative estimate of drug-likeness (QED) is 0.0367. The van der Waals surface area contributed by atoms with Gasteiger partial charge in [0.2, 0.25) is 41.8 Å². The molecule has 0 spiro atoms. The molecule has 0 atom stereocenters. The van der Waals surface area contributed by atoms with Crippen molar-refractivity contribution in [3.05, 3.63) is 120 Å². The third-order valence-electron chi connectivity index (χ3n) is 17.7. The number of nitrogen functional groups attached to an aromatic ring is 2. The summed E-state index contributed by atoms with van der Waals surface area (Å²) in [6.07, 6.45) is 7.64. The van der Waals surface area contributed by atoms with Gasteiger partial charge in [0.1, 0.15) is 0 Å². The Morgan fingerprint density at radius 3 is 1.20 bits per heavy atom. The number of carbonyl (C=O) groups is 5. The van der Waals surface area contributed by atoms with Crippen LogP contribution < -0.4 is 44.6 Å². The Morgan fingerprint density at radius 1 is 0.496 bits per heavy atom. The lowest BCUT2D eigenvalue weighted by molar-refractivity contribution is -0.139. The van der Waals surface area contributed by atoms with Gasteiger partial charge in [-0.25, -0.2) is 26.4 Å². The number of imidazole rings is 2. The van der Waals surface area contributed by atoms with Crippen LogP contribution in [0, 0.1) is 31.3 Å². The molecular formula is C73H97I2N17O19S2. The van der Waals surface area contributed by atoms with Gasteiger partial charge in [0.05, 0.1) is 112 Å². The number of carboxylic acids is 1. The third-order valence-corrected chi connectivity index (χ3v) is 21.0. The van der Waals surface area contributed by atoms with Crippen LogP contribution in [0.4, 0.5) is 22.7 Å². The van der Waals surface area contributed by atoms with Gasteiger partial charge in [-0.3, -0.25) is 76.3 Å². The number of ketones is 2. The average molecular weight is 1830 g/mol. The van der Waals surface area contributed by atoms with Crippen molar-refractivity contribution in [3.8, 4) is 24.2 Å². The molecule has 0 bridgehead atoms. The Balaban J connectivity index is 0.000000222. The van der Waals surface area contributed by atoms with Gasteiger partial charge >= 0.3 is 17.3 Å². The second-order valence-electron chi connectivity index (χ2n) is 26.7. The molecular weight excluding hydrogens is 1740 g/mol. The minimum Gasteiger partial charge on any atom is -0.480 e. The molecule has 5 aliphatic heterocycles. The number of carboxylic acid groups (broad SMARTS) is 1. The van der Waals surface area contributed by atoms with Crippen LogP contribution in [0.1, 0.15) is 24.1 Å². The normalized spacial score (nSPS) is 15.8. The first kappa shape index (κ1) is 91.6. The first-order valence-electron chi connectivity index (χ1n) is 35.4. The third kappa shape index (κ3) is 27.6. The molecule has 5 saturated heterocycles. The minimum atomic E-state index is -3.79. The van der Waals surface area contributed by atoms with E-state index in [2.05, 4.69) is 93.3 Å². The number of Topliss-reactive ketones (excluding diaryl/α,β-unsaturated/α-hetero) is 2. The van der Waals surface area contributed by atoms with Gasteiger partial charge in [-0.2, -0.15) is 9.97 Å². The highest BCUT2D eigenvalue weighted by molar-refractivity contribution is 14.1. The van der Waals surface area contributed by atoms with Crippen molar-refractivity contribution >= 4 is 139 Å². The van der Waals surface area contributed by atoms with Crippen LogP contribution in [-0.4, -0.2) is 290 Å². The predicted molar refractivity (Wildman–Crippen MR) is 441 cm³/mol. The lowest BCUT2D eigenvalue weighted by Crippen LogP contribution is -2.41. The van der Waals surface area contributed by atoms with E-state index in [1.165, 1.54) is 28.2 Å². The minimum absolute atomic E-state index is 0. The number of terminal acetylenes is 1. The second kappa shape index (κ2) is 43.2. The van der Waals surface area contributed by atoms with E-state index in [4.69, 9.17) is 46.7 Å². The topological polar surface area (TPSA) is 436 Å². The van der Waals surface area contributed by atoms with Crippen LogP contribution in [0.5, 0.6) is 0 Å². The maximum Gasteiger partial charge on any atom is 0.333 e. The van der Waals surface area contributed by atoms with Crippen molar-refractivity contribution < 1.29 is 69.6 Å². The summed E-state index contributed by atoms with van der Waals surface area (Å²) in [6, 6.07) is 16.5. The molecule has 0 saturated carbocycles. The molecule has 2 amide bonds. The second-order valence-corrected chi connectivity index (χ2v) is 33.0. The molecule has 40 heteroatoms. The summed E-state index contributed by atoms with van der Waals surface area (Å²) >= 11 is 4.39. The van der Waals surface area contributed by atoms with Crippen LogP contribution in [-0.2, 0) is 121 Å². The summed E-state index contributed by atoms with van der Waals surface area (Å²) in [7, 11) is -2.04. The van der Waals surface area contributed by atoms with Crippen molar-refractivity contribution in [2.24, 2.45) is 28.2 Å².